The van der Waals surface area contributed by atoms with Gasteiger partial charge in [0.15, 0.2) is 17.7 Å². The van der Waals surface area contributed by atoms with Crippen LogP contribution in [0.3, 0.4) is 0 Å². The van der Waals surface area contributed by atoms with E-state index < -0.39 is 40.0 Å². The fraction of sp³-hybridized carbons (Fsp3) is 0.786. The van der Waals surface area contributed by atoms with E-state index in [1.807, 2.05) is 33.8 Å². The molecular weight excluding hydrogens is 448 g/mol. The first-order chi connectivity index (χ1) is 16.4. The van der Waals surface area contributed by atoms with E-state index in [1.165, 1.54) is 0 Å². The van der Waals surface area contributed by atoms with Crippen LogP contribution in [0.4, 0.5) is 0 Å². The smallest absolute Gasteiger partial charge is 0.334 e. The van der Waals surface area contributed by atoms with Crippen molar-refractivity contribution in [2.24, 2.45) is 34.5 Å². The molecule has 0 unspecified atom stereocenters. The van der Waals surface area contributed by atoms with Gasteiger partial charge in [-0.05, 0) is 75.9 Å². The Hall–Kier alpha value is -1.54. The van der Waals surface area contributed by atoms with Crippen molar-refractivity contribution in [2.45, 2.75) is 102 Å². The Labute approximate surface area is 205 Å². The highest BCUT2D eigenvalue weighted by atomic mass is 16.7. The number of ether oxygens (including phenoxy) is 3. The second-order valence-corrected chi connectivity index (χ2v) is 12.9. The monoisotopic (exact) mass is 484 g/mol. The number of hydrogen-bond donors (Lipinski definition) is 2. The number of carbonyl (C=O) groups is 2. The van der Waals surface area contributed by atoms with Crippen LogP contribution in [0.25, 0.3) is 0 Å². The third kappa shape index (κ3) is 2.18. The Balaban J connectivity index is 1.35. The fourth-order valence-corrected chi connectivity index (χ4v) is 9.96. The van der Waals surface area contributed by atoms with Gasteiger partial charge in [0.05, 0.1) is 22.5 Å². The second kappa shape index (κ2) is 6.29. The van der Waals surface area contributed by atoms with Gasteiger partial charge in [-0.2, -0.15) is 0 Å². The van der Waals surface area contributed by atoms with E-state index in [-0.39, 0.29) is 47.9 Å². The third-order valence-corrected chi connectivity index (χ3v) is 12.4. The van der Waals surface area contributed by atoms with Gasteiger partial charge in [-0.1, -0.05) is 19.9 Å². The Bertz CT molecular complexity index is 1130. The van der Waals surface area contributed by atoms with Crippen LogP contribution in [0.2, 0.25) is 0 Å². The molecule has 2 saturated heterocycles. The molecule has 7 aliphatic rings. The van der Waals surface area contributed by atoms with E-state index >= 15 is 0 Å². The zero-order valence-corrected chi connectivity index (χ0v) is 21.2. The van der Waals surface area contributed by atoms with Crippen molar-refractivity contribution < 1.29 is 34.0 Å². The molecule has 0 radical (unpaired) electrons. The minimum absolute atomic E-state index is 0.00175. The topological polar surface area (TPSA) is 106 Å². The minimum atomic E-state index is -1.65. The molecule has 4 aliphatic carbocycles. The number of hydrogen-bond acceptors (Lipinski definition) is 7. The van der Waals surface area contributed by atoms with Gasteiger partial charge in [0.25, 0.3) is 0 Å². The molecule has 2 N–H and O–H groups in total. The summed E-state index contributed by atoms with van der Waals surface area (Å²) in [5.74, 6) is -2.26. The van der Waals surface area contributed by atoms with Crippen molar-refractivity contribution in [1.82, 2.24) is 0 Å². The Morgan fingerprint density at radius 2 is 1.83 bits per heavy atom. The summed E-state index contributed by atoms with van der Waals surface area (Å²) in [7, 11) is 0. The molecule has 3 heterocycles. The molecule has 0 aromatic carbocycles. The van der Waals surface area contributed by atoms with Crippen molar-refractivity contribution in [1.29, 1.82) is 0 Å². The number of carbonyl (C=O) groups excluding carboxylic acids is 2. The molecule has 0 bridgehead atoms. The summed E-state index contributed by atoms with van der Waals surface area (Å²) in [6.07, 6.45) is 5.49. The van der Waals surface area contributed by atoms with E-state index in [0.29, 0.717) is 12.0 Å². The van der Waals surface area contributed by atoms with Crippen molar-refractivity contribution in [2.75, 3.05) is 0 Å². The van der Waals surface area contributed by atoms with Crippen LogP contribution in [-0.2, 0) is 23.8 Å². The van der Waals surface area contributed by atoms with E-state index in [2.05, 4.69) is 0 Å². The van der Waals surface area contributed by atoms with Gasteiger partial charge in [-0.3, -0.25) is 4.79 Å². The molecule has 1 spiro atoms. The molecule has 7 heteroatoms. The van der Waals surface area contributed by atoms with E-state index in [0.717, 1.165) is 24.8 Å². The molecule has 5 fully saturated rings. The minimum Gasteiger partial charge on any atom is -0.452 e. The van der Waals surface area contributed by atoms with Crippen molar-refractivity contribution in [3.63, 3.8) is 0 Å². The molecular formula is C28H36O7. The highest BCUT2D eigenvalue weighted by Crippen LogP contribution is 2.77. The number of rotatable bonds is 1. The van der Waals surface area contributed by atoms with E-state index in [4.69, 9.17) is 14.2 Å². The number of aliphatic hydroxyl groups is 2. The molecule has 0 aromatic heterocycles. The van der Waals surface area contributed by atoms with Crippen LogP contribution < -0.4 is 0 Å². The molecule has 7 nitrogen and oxygen atoms in total. The normalized spacial score (nSPS) is 60.0. The summed E-state index contributed by atoms with van der Waals surface area (Å²) in [5.41, 5.74) is -1.95. The average Bonchev–Trinajstić information content (AvgIpc) is 3.36. The van der Waals surface area contributed by atoms with Gasteiger partial charge in [0.1, 0.15) is 11.7 Å². The molecule has 3 saturated carbocycles. The molecule has 12 atom stereocenters. The first-order valence-electron chi connectivity index (χ1n) is 13.3. The van der Waals surface area contributed by atoms with Gasteiger partial charge < -0.3 is 24.4 Å². The SMILES string of the molecule is CC1=C(C)[C@H]([C@@H]2O[C@@]3(O)C[C@H]4[C@@H](C[C@H]5O[C@]56CC=CC(=O)[C@]46C)[C@@H]4CC[C@@](O)([C@@H]2C)[C@]43C)OC1=O. The lowest BCUT2D eigenvalue weighted by Crippen LogP contribution is -2.76. The molecule has 0 aromatic rings. The second-order valence-electron chi connectivity index (χ2n) is 12.9. The maximum atomic E-state index is 13.5. The maximum Gasteiger partial charge on any atom is 0.334 e. The number of cyclic esters (lactones) is 1. The van der Waals surface area contributed by atoms with Gasteiger partial charge in [-0.15, -0.1) is 0 Å². The largest absolute Gasteiger partial charge is 0.452 e. The summed E-state index contributed by atoms with van der Waals surface area (Å²) < 4.78 is 18.7. The summed E-state index contributed by atoms with van der Waals surface area (Å²) >= 11 is 0. The van der Waals surface area contributed by atoms with Crippen molar-refractivity contribution in [3.05, 3.63) is 23.3 Å². The summed E-state index contributed by atoms with van der Waals surface area (Å²) in [5, 5.41) is 24.8. The van der Waals surface area contributed by atoms with Crippen molar-refractivity contribution >= 4 is 11.8 Å². The summed E-state index contributed by atoms with van der Waals surface area (Å²) in [6, 6.07) is 0. The predicted octanol–water partition coefficient (Wildman–Crippen LogP) is 2.83. The van der Waals surface area contributed by atoms with Crippen molar-refractivity contribution in [3.8, 4) is 0 Å². The lowest BCUT2D eigenvalue weighted by molar-refractivity contribution is -0.414. The number of fused-ring (bicyclic) bond motifs is 3. The number of ketones is 1. The van der Waals surface area contributed by atoms with E-state index in [1.54, 1.807) is 13.0 Å². The van der Waals surface area contributed by atoms with Gasteiger partial charge >= 0.3 is 5.97 Å². The van der Waals surface area contributed by atoms with Crippen LogP contribution in [-0.4, -0.2) is 57.3 Å². The lowest BCUT2D eigenvalue weighted by atomic mass is 9.42. The fourth-order valence-electron chi connectivity index (χ4n) is 9.96. The molecule has 35 heavy (non-hydrogen) atoms. The van der Waals surface area contributed by atoms with E-state index in [9.17, 15) is 19.8 Å². The molecule has 0 amide bonds. The van der Waals surface area contributed by atoms with Crippen LogP contribution in [0.1, 0.15) is 66.7 Å². The molecule has 190 valence electrons. The predicted molar refractivity (Wildman–Crippen MR) is 124 cm³/mol. The zero-order chi connectivity index (χ0) is 24.9. The highest BCUT2D eigenvalue weighted by Gasteiger charge is 2.83. The third-order valence-electron chi connectivity index (χ3n) is 12.4. The maximum absolute atomic E-state index is 13.5. The number of epoxide rings is 1. The average molecular weight is 485 g/mol. The quantitative estimate of drug-likeness (QED) is 0.436. The standard InChI is InChI=1S/C28H36O7/c1-13-14(2)23(30)33-21(13)22-15(3)26(31)10-8-17-16-11-20-27(34-20)9-6-7-19(29)24(27,4)18(16)12-28(32,35-22)25(17,26)5/h6-7,15-18,20-22,31-32H,8-12H2,1-5H3/t15-,16+,17+,18+,20-,21-,22-,24+,25+,26-,27-,28+/m1/s1. The summed E-state index contributed by atoms with van der Waals surface area (Å²) in [6.45, 7) is 9.59. The highest BCUT2D eigenvalue weighted by molar-refractivity contribution is 5.97. The van der Waals surface area contributed by atoms with Gasteiger partial charge in [-0.25, -0.2) is 4.79 Å². The molecule has 7 rings (SSSR count). The summed E-state index contributed by atoms with van der Waals surface area (Å²) in [4.78, 5) is 25.8. The van der Waals surface area contributed by atoms with Gasteiger partial charge in [0.2, 0.25) is 0 Å². The first kappa shape index (κ1) is 22.6. The zero-order valence-electron chi connectivity index (χ0n) is 21.2. The van der Waals surface area contributed by atoms with Crippen LogP contribution in [0.5, 0.6) is 0 Å². The Kier molecular flexibility index (Phi) is 4.07. The molecule has 3 aliphatic heterocycles. The number of esters is 1. The van der Waals surface area contributed by atoms with Gasteiger partial charge in [0, 0.05) is 17.9 Å². The Morgan fingerprint density at radius 1 is 1.09 bits per heavy atom. The lowest BCUT2D eigenvalue weighted by Gasteiger charge is -2.67. The Morgan fingerprint density at radius 3 is 2.51 bits per heavy atom. The van der Waals surface area contributed by atoms with Crippen LogP contribution in [0, 0.1) is 34.5 Å². The van der Waals surface area contributed by atoms with Crippen LogP contribution >= 0.6 is 0 Å². The number of allylic oxidation sites excluding steroid dienone is 1. The first-order valence-corrected chi connectivity index (χ1v) is 13.3. The van der Waals surface area contributed by atoms with Crippen LogP contribution in [0.15, 0.2) is 23.3 Å².